The number of rotatable bonds is 4. The Morgan fingerprint density at radius 1 is 1.21 bits per heavy atom. The van der Waals surface area contributed by atoms with Gasteiger partial charge in [-0.15, -0.1) is 0 Å². The number of alkyl halides is 3. The Kier molecular flexibility index (Phi) is 4.50. The van der Waals surface area contributed by atoms with E-state index in [9.17, 15) is 18.0 Å². The highest BCUT2D eigenvalue weighted by Crippen LogP contribution is 2.32. The van der Waals surface area contributed by atoms with Gasteiger partial charge in [0, 0.05) is 24.7 Å². The summed E-state index contributed by atoms with van der Waals surface area (Å²) < 4.78 is 48.8. The first-order valence-corrected chi connectivity index (χ1v) is 8.42. The average molecular weight is 389 g/mol. The van der Waals surface area contributed by atoms with Crippen molar-refractivity contribution in [3.05, 3.63) is 66.0 Å². The van der Waals surface area contributed by atoms with Gasteiger partial charge in [0.15, 0.2) is 0 Å². The van der Waals surface area contributed by atoms with Crippen molar-refractivity contribution in [1.82, 2.24) is 15.0 Å². The number of benzene rings is 1. The molecule has 6 nitrogen and oxygen atoms in total. The number of amides is 1. The fraction of sp³-hybridized carbons (Fsp3) is 0.211. The second-order valence-electron chi connectivity index (χ2n) is 6.32. The van der Waals surface area contributed by atoms with Crippen LogP contribution in [-0.2, 0) is 11.0 Å². The molecule has 0 bridgehead atoms. The first-order valence-electron chi connectivity index (χ1n) is 8.42. The van der Waals surface area contributed by atoms with Gasteiger partial charge < -0.3 is 13.8 Å². The molecule has 0 spiro atoms. The maximum absolute atomic E-state index is 12.8. The van der Waals surface area contributed by atoms with Crippen LogP contribution in [0.5, 0.6) is 0 Å². The van der Waals surface area contributed by atoms with Gasteiger partial charge in [-0.1, -0.05) is 17.3 Å². The molecular weight excluding hydrogens is 375 g/mol. The van der Waals surface area contributed by atoms with Crippen LogP contribution in [0, 0.1) is 0 Å². The summed E-state index contributed by atoms with van der Waals surface area (Å²) in [6.45, 7) is 0.789. The fourth-order valence-corrected chi connectivity index (χ4v) is 2.81. The fourth-order valence-electron chi connectivity index (χ4n) is 2.81. The molecule has 2 aromatic heterocycles. The van der Waals surface area contributed by atoms with Gasteiger partial charge in [0.1, 0.15) is 5.76 Å². The standard InChI is InChI=1S/C19H14F3N3O3/c20-19(21,22)14-4-1-3-12(9-14)17-23-18(28-24-17)13-10-25(11-13)16(26)7-6-15-5-2-8-27-15/h1-9,13H,10-11H2/b7-6+. The van der Waals surface area contributed by atoms with E-state index in [-0.39, 0.29) is 23.2 Å². The van der Waals surface area contributed by atoms with E-state index in [1.807, 2.05) is 0 Å². The maximum Gasteiger partial charge on any atom is 0.416 e. The van der Waals surface area contributed by atoms with Crippen LogP contribution in [0.4, 0.5) is 13.2 Å². The lowest BCUT2D eigenvalue weighted by molar-refractivity contribution is -0.137. The number of likely N-dealkylation sites (tertiary alicyclic amines) is 1. The molecule has 0 radical (unpaired) electrons. The Bertz CT molecular complexity index is 1000. The predicted octanol–water partition coefficient (Wildman–Crippen LogP) is 3.99. The smallest absolute Gasteiger partial charge is 0.416 e. The molecule has 4 rings (SSSR count). The molecule has 0 aliphatic carbocycles. The van der Waals surface area contributed by atoms with Crippen LogP contribution < -0.4 is 0 Å². The number of aromatic nitrogens is 2. The van der Waals surface area contributed by atoms with Crippen molar-refractivity contribution < 1.29 is 26.9 Å². The molecule has 9 heteroatoms. The third kappa shape index (κ3) is 3.68. The van der Waals surface area contributed by atoms with Crippen molar-refractivity contribution in [3.63, 3.8) is 0 Å². The van der Waals surface area contributed by atoms with Crippen molar-refractivity contribution in [2.24, 2.45) is 0 Å². The molecule has 144 valence electrons. The highest BCUT2D eigenvalue weighted by Gasteiger charge is 2.35. The zero-order valence-corrected chi connectivity index (χ0v) is 14.4. The van der Waals surface area contributed by atoms with Gasteiger partial charge in [-0.2, -0.15) is 18.2 Å². The Balaban J connectivity index is 1.39. The number of hydrogen-bond donors (Lipinski definition) is 0. The predicted molar refractivity (Wildman–Crippen MR) is 91.8 cm³/mol. The number of furan rings is 1. The summed E-state index contributed by atoms with van der Waals surface area (Å²) >= 11 is 0. The summed E-state index contributed by atoms with van der Waals surface area (Å²) in [6, 6.07) is 8.20. The van der Waals surface area contributed by atoms with E-state index in [2.05, 4.69) is 10.1 Å². The molecule has 1 aliphatic heterocycles. The van der Waals surface area contributed by atoms with E-state index in [1.165, 1.54) is 24.5 Å². The van der Waals surface area contributed by atoms with E-state index in [0.717, 1.165) is 12.1 Å². The molecule has 0 saturated carbocycles. The number of hydrogen-bond acceptors (Lipinski definition) is 5. The van der Waals surface area contributed by atoms with Gasteiger partial charge in [0.25, 0.3) is 0 Å². The third-order valence-electron chi connectivity index (χ3n) is 4.37. The maximum atomic E-state index is 12.8. The van der Waals surface area contributed by atoms with E-state index < -0.39 is 11.7 Å². The Hall–Kier alpha value is -3.36. The van der Waals surface area contributed by atoms with E-state index in [0.29, 0.717) is 24.7 Å². The Morgan fingerprint density at radius 2 is 2.04 bits per heavy atom. The molecule has 3 aromatic rings. The highest BCUT2D eigenvalue weighted by molar-refractivity contribution is 5.92. The molecule has 1 aromatic carbocycles. The van der Waals surface area contributed by atoms with Gasteiger partial charge in [-0.05, 0) is 30.3 Å². The topological polar surface area (TPSA) is 72.4 Å². The van der Waals surface area contributed by atoms with E-state index in [4.69, 9.17) is 8.94 Å². The molecule has 0 atom stereocenters. The van der Waals surface area contributed by atoms with Crippen LogP contribution in [0.1, 0.15) is 23.1 Å². The minimum atomic E-state index is -4.44. The van der Waals surface area contributed by atoms with Gasteiger partial charge in [0.2, 0.25) is 17.6 Å². The van der Waals surface area contributed by atoms with Crippen LogP contribution in [0.3, 0.4) is 0 Å². The zero-order valence-electron chi connectivity index (χ0n) is 14.4. The number of carbonyl (C=O) groups excluding carboxylic acids is 1. The summed E-state index contributed by atoms with van der Waals surface area (Å²) in [4.78, 5) is 17.9. The Morgan fingerprint density at radius 3 is 2.75 bits per heavy atom. The summed E-state index contributed by atoms with van der Waals surface area (Å²) in [6.07, 6.45) is 0.0625. The molecule has 1 fully saturated rings. The molecule has 1 amide bonds. The second-order valence-corrected chi connectivity index (χ2v) is 6.32. The molecule has 0 unspecified atom stereocenters. The minimum Gasteiger partial charge on any atom is -0.465 e. The van der Waals surface area contributed by atoms with Crippen molar-refractivity contribution in [1.29, 1.82) is 0 Å². The molecule has 1 saturated heterocycles. The van der Waals surface area contributed by atoms with E-state index in [1.54, 1.807) is 23.1 Å². The van der Waals surface area contributed by atoms with Crippen LogP contribution >= 0.6 is 0 Å². The lowest BCUT2D eigenvalue weighted by Crippen LogP contribution is -2.47. The van der Waals surface area contributed by atoms with Gasteiger partial charge in [-0.25, -0.2) is 0 Å². The molecule has 3 heterocycles. The summed E-state index contributed by atoms with van der Waals surface area (Å²) in [7, 11) is 0. The quantitative estimate of drug-likeness (QED) is 0.631. The number of halogens is 3. The molecule has 28 heavy (non-hydrogen) atoms. The van der Waals surface area contributed by atoms with Crippen molar-refractivity contribution >= 4 is 12.0 Å². The van der Waals surface area contributed by atoms with Crippen LogP contribution in [0.25, 0.3) is 17.5 Å². The van der Waals surface area contributed by atoms with Crippen LogP contribution in [0.2, 0.25) is 0 Å². The lowest BCUT2D eigenvalue weighted by Gasteiger charge is -2.36. The molecule has 0 N–H and O–H groups in total. The second kappa shape index (κ2) is 6.99. The molecular formula is C19H14F3N3O3. The Labute approximate surface area is 157 Å². The average Bonchev–Trinajstić information content (AvgIpc) is 3.30. The van der Waals surface area contributed by atoms with Crippen molar-refractivity contribution in [2.75, 3.05) is 13.1 Å². The number of nitrogens with zero attached hydrogens (tertiary/aromatic N) is 3. The minimum absolute atomic E-state index is 0.0867. The normalized spacial score (nSPS) is 15.2. The van der Waals surface area contributed by atoms with Gasteiger partial charge in [0.05, 0.1) is 17.7 Å². The first-order chi connectivity index (χ1) is 13.4. The van der Waals surface area contributed by atoms with Crippen LogP contribution in [0.15, 0.2) is 57.7 Å². The van der Waals surface area contributed by atoms with E-state index >= 15 is 0 Å². The zero-order chi connectivity index (χ0) is 19.7. The van der Waals surface area contributed by atoms with Crippen molar-refractivity contribution in [2.45, 2.75) is 12.1 Å². The number of carbonyl (C=O) groups is 1. The first kappa shape index (κ1) is 18.0. The summed E-state index contributed by atoms with van der Waals surface area (Å²) in [5, 5.41) is 3.77. The molecule has 1 aliphatic rings. The van der Waals surface area contributed by atoms with Gasteiger partial charge >= 0.3 is 6.18 Å². The summed E-state index contributed by atoms with van der Waals surface area (Å²) in [5.41, 5.74) is -0.557. The van der Waals surface area contributed by atoms with Crippen molar-refractivity contribution in [3.8, 4) is 11.4 Å². The van der Waals surface area contributed by atoms with Crippen LogP contribution in [-0.4, -0.2) is 34.0 Å². The highest BCUT2D eigenvalue weighted by atomic mass is 19.4. The SMILES string of the molecule is O=C(/C=C/c1ccco1)N1CC(c2nc(-c3cccc(C(F)(F)F)c3)no2)C1. The van der Waals surface area contributed by atoms with Gasteiger partial charge in [-0.3, -0.25) is 4.79 Å². The lowest BCUT2D eigenvalue weighted by atomic mass is 10.00. The monoisotopic (exact) mass is 389 g/mol. The summed E-state index contributed by atoms with van der Waals surface area (Å²) in [5.74, 6) is 0.640. The third-order valence-corrected chi connectivity index (χ3v) is 4.37. The largest absolute Gasteiger partial charge is 0.465 e.